The molecule has 1 aromatic rings. The summed E-state index contributed by atoms with van der Waals surface area (Å²) in [6.45, 7) is 0. The molecule has 1 fully saturated rings. The second-order valence-electron chi connectivity index (χ2n) is 3.17. The molecule has 1 saturated carbocycles. The van der Waals surface area contributed by atoms with Crippen molar-refractivity contribution in [2.24, 2.45) is 0 Å². The molecule has 1 aromatic carbocycles. The van der Waals surface area contributed by atoms with Gasteiger partial charge in [0.15, 0.2) is 0 Å². The summed E-state index contributed by atoms with van der Waals surface area (Å²) in [6.07, 6.45) is 1.48. The topological polar surface area (TPSA) is 40.5 Å². The van der Waals surface area contributed by atoms with Crippen LogP contribution in [0.5, 0.6) is 5.75 Å². The molecule has 2 N–H and O–H groups in total. The zero-order chi connectivity index (χ0) is 8.77. The average Bonchev–Trinajstić information content (AvgIpc) is 2.68. The number of halogens is 1. The Balaban J connectivity index is 2.55. The Kier molecular flexibility index (Phi) is 1.66. The number of rotatable bonds is 1. The van der Waals surface area contributed by atoms with Gasteiger partial charge in [0.2, 0.25) is 0 Å². The summed E-state index contributed by atoms with van der Waals surface area (Å²) >= 11 is 3.30. The van der Waals surface area contributed by atoms with Crippen LogP contribution in [0.25, 0.3) is 0 Å². The van der Waals surface area contributed by atoms with Crippen LogP contribution in [-0.4, -0.2) is 10.2 Å². The summed E-state index contributed by atoms with van der Waals surface area (Å²) in [6, 6.07) is 5.16. The van der Waals surface area contributed by atoms with E-state index in [9.17, 15) is 10.2 Å². The van der Waals surface area contributed by atoms with Crippen LogP contribution in [-0.2, 0) is 5.60 Å². The lowest BCUT2D eigenvalue weighted by atomic mass is 10.1. The number of hydrogen-bond acceptors (Lipinski definition) is 2. The minimum atomic E-state index is -0.774. The molecule has 0 radical (unpaired) electrons. The molecule has 0 amide bonds. The lowest BCUT2D eigenvalue weighted by Gasteiger charge is -2.11. The van der Waals surface area contributed by atoms with Crippen molar-refractivity contribution in [1.82, 2.24) is 0 Å². The highest BCUT2D eigenvalue weighted by Crippen LogP contribution is 2.51. The normalized spacial score (nSPS) is 19.2. The van der Waals surface area contributed by atoms with Crippen molar-refractivity contribution in [3.05, 3.63) is 28.2 Å². The van der Waals surface area contributed by atoms with Crippen molar-refractivity contribution in [3.63, 3.8) is 0 Å². The summed E-state index contributed by atoms with van der Waals surface area (Å²) in [5, 5.41) is 19.2. The molecule has 0 atom stereocenters. The third-order valence-corrected chi connectivity index (χ3v) is 2.84. The molecule has 0 spiro atoms. The lowest BCUT2D eigenvalue weighted by Crippen LogP contribution is -2.05. The van der Waals surface area contributed by atoms with Gasteiger partial charge in [0.05, 0.1) is 5.60 Å². The number of aromatic hydroxyl groups is 1. The molecule has 1 aliphatic carbocycles. The fourth-order valence-electron chi connectivity index (χ4n) is 1.34. The zero-order valence-corrected chi connectivity index (χ0v) is 8.00. The number of phenols is 1. The predicted octanol–water partition coefficient (Wildman–Crippen LogP) is 2.14. The van der Waals surface area contributed by atoms with E-state index in [0.29, 0.717) is 5.56 Å². The molecule has 12 heavy (non-hydrogen) atoms. The fraction of sp³-hybridized carbons (Fsp3) is 0.333. The van der Waals surface area contributed by atoms with E-state index in [1.807, 2.05) is 6.07 Å². The average molecular weight is 229 g/mol. The van der Waals surface area contributed by atoms with E-state index < -0.39 is 5.60 Å². The van der Waals surface area contributed by atoms with E-state index >= 15 is 0 Å². The summed E-state index contributed by atoms with van der Waals surface area (Å²) in [5.74, 6) is 0.171. The number of hydrogen-bond donors (Lipinski definition) is 2. The quantitative estimate of drug-likeness (QED) is 0.774. The van der Waals surface area contributed by atoms with Crippen LogP contribution in [0.1, 0.15) is 18.4 Å². The first-order valence-electron chi connectivity index (χ1n) is 3.84. The van der Waals surface area contributed by atoms with Gasteiger partial charge < -0.3 is 10.2 Å². The van der Waals surface area contributed by atoms with Crippen LogP contribution in [0.15, 0.2) is 22.7 Å². The van der Waals surface area contributed by atoms with E-state index in [1.165, 1.54) is 0 Å². The van der Waals surface area contributed by atoms with Gasteiger partial charge in [-0.3, -0.25) is 0 Å². The minimum Gasteiger partial charge on any atom is -0.508 e. The van der Waals surface area contributed by atoms with Crippen molar-refractivity contribution in [1.29, 1.82) is 0 Å². The first-order chi connectivity index (χ1) is 5.63. The lowest BCUT2D eigenvalue weighted by molar-refractivity contribution is 0.147. The van der Waals surface area contributed by atoms with Crippen molar-refractivity contribution in [3.8, 4) is 5.75 Å². The van der Waals surface area contributed by atoms with Gasteiger partial charge >= 0.3 is 0 Å². The molecule has 0 unspecified atom stereocenters. The third-order valence-electron chi connectivity index (χ3n) is 2.18. The minimum absolute atomic E-state index is 0.171. The smallest absolute Gasteiger partial charge is 0.122 e. The van der Waals surface area contributed by atoms with Crippen molar-refractivity contribution in [2.45, 2.75) is 18.4 Å². The molecule has 1 aliphatic rings. The summed E-state index contributed by atoms with van der Waals surface area (Å²) in [4.78, 5) is 0. The van der Waals surface area contributed by atoms with Crippen LogP contribution in [0.2, 0.25) is 0 Å². The third kappa shape index (κ3) is 1.13. The maximum atomic E-state index is 9.77. The molecular formula is C9H9BrO2. The van der Waals surface area contributed by atoms with E-state index in [-0.39, 0.29) is 5.75 Å². The van der Waals surface area contributed by atoms with Crippen LogP contribution in [0, 0.1) is 0 Å². The standard InChI is InChI=1S/C9H9BrO2/c10-6-2-1-3-7(11)8(6)9(12)4-5-9/h1-3,11-12H,4-5H2. The van der Waals surface area contributed by atoms with Crippen molar-refractivity contribution < 1.29 is 10.2 Å². The molecule has 2 nitrogen and oxygen atoms in total. The Morgan fingerprint density at radius 3 is 2.50 bits per heavy atom. The summed E-state index contributed by atoms with van der Waals surface area (Å²) in [7, 11) is 0. The van der Waals surface area contributed by atoms with Gasteiger partial charge in [-0.2, -0.15) is 0 Å². The largest absolute Gasteiger partial charge is 0.508 e. The highest BCUT2D eigenvalue weighted by atomic mass is 79.9. The first-order valence-corrected chi connectivity index (χ1v) is 4.63. The van der Waals surface area contributed by atoms with Crippen molar-refractivity contribution >= 4 is 15.9 Å². The Labute approximate surface area is 79.0 Å². The second kappa shape index (κ2) is 2.47. The molecule has 0 aliphatic heterocycles. The van der Waals surface area contributed by atoms with Gasteiger partial charge in [-0.1, -0.05) is 22.0 Å². The highest BCUT2D eigenvalue weighted by molar-refractivity contribution is 9.10. The molecule has 0 aromatic heterocycles. The Morgan fingerprint density at radius 2 is 2.00 bits per heavy atom. The van der Waals surface area contributed by atoms with Crippen molar-refractivity contribution in [2.75, 3.05) is 0 Å². The van der Waals surface area contributed by atoms with Crippen LogP contribution in [0.4, 0.5) is 0 Å². The Bertz CT molecular complexity index is 298. The monoisotopic (exact) mass is 228 g/mol. The van der Waals surface area contributed by atoms with E-state index in [4.69, 9.17) is 0 Å². The second-order valence-corrected chi connectivity index (χ2v) is 4.02. The molecular weight excluding hydrogens is 220 g/mol. The molecule has 2 rings (SSSR count). The maximum Gasteiger partial charge on any atom is 0.122 e. The molecule has 0 heterocycles. The van der Waals surface area contributed by atoms with Crippen LogP contribution >= 0.6 is 15.9 Å². The number of benzene rings is 1. The van der Waals surface area contributed by atoms with E-state index in [1.54, 1.807) is 12.1 Å². The molecule has 0 saturated heterocycles. The van der Waals surface area contributed by atoms with Gasteiger partial charge in [-0.25, -0.2) is 0 Å². The first kappa shape index (κ1) is 8.08. The molecule has 3 heteroatoms. The number of aliphatic hydroxyl groups is 1. The van der Waals surface area contributed by atoms with Crippen LogP contribution < -0.4 is 0 Å². The molecule has 64 valence electrons. The van der Waals surface area contributed by atoms with E-state index in [0.717, 1.165) is 17.3 Å². The maximum absolute atomic E-state index is 9.77. The molecule has 0 bridgehead atoms. The highest BCUT2D eigenvalue weighted by Gasteiger charge is 2.45. The van der Waals surface area contributed by atoms with Gasteiger partial charge in [0.25, 0.3) is 0 Å². The summed E-state index contributed by atoms with van der Waals surface area (Å²) < 4.78 is 0.780. The Morgan fingerprint density at radius 1 is 1.33 bits per heavy atom. The van der Waals surface area contributed by atoms with Gasteiger partial charge in [-0.05, 0) is 25.0 Å². The van der Waals surface area contributed by atoms with Gasteiger partial charge in [0, 0.05) is 10.0 Å². The predicted molar refractivity (Wildman–Crippen MR) is 48.9 cm³/mol. The van der Waals surface area contributed by atoms with Gasteiger partial charge in [0.1, 0.15) is 5.75 Å². The Hall–Kier alpha value is -0.540. The fourth-order valence-corrected chi connectivity index (χ4v) is 2.07. The van der Waals surface area contributed by atoms with E-state index in [2.05, 4.69) is 15.9 Å². The van der Waals surface area contributed by atoms with Gasteiger partial charge in [-0.15, -0.1) is 0 Å². The zero-order valence-electron chi connectivity index (χ0n) is 6.42. The van der Waals surface area contributed by atoms with Crippen LogP contribution in [0.3, 0.4) is 0 Å². The number of phenolic OH excluding ortho intramolecular Hbond substituents is 1. The SMILES string of the molecule is Oc1cccc(Br)c1C1(O)CC1. The summed E-state index contributed by atoms with van der Waals surface area (Å²) in [5.41, 5.74) is -0.144.